The van der Waals surface area contributed by atoms with E-state index in [0.717, 1.165) is 14.4 Å². The lowest BCUT2D eigenvalue weighted by Gasteiger charge is -2.06. The summed E-state index contributed by atoms with van der Waals surface area (Å²) in [5.74, 6) is 1.07. The monoisotopic (exact) mass is 538 g/mol. The first-order valence-corrected chi connectivity index (χ1v) is 12.6. The third kappa shape index (κ3) is 7.23. The number of nitrogens with zero attached hydrogens (tertiary/aromatic N) is 3. The van der Waals surface area contributed by atoms with Gasteiger partial charge in [-0.3, -0.25) is 4.79 Å². The fraction of sp³-hybridized carbons (Fsp3) is 0.200. The van der Waals surface area contributed by atoms with Crippen LogP contribution < -0.4 is 10.2 Å². The van der Waals surface area contributed by atoms with Crippen LogP contribution in [0.5, 0.6) is 11.5 Å². The first-order chi connectivity index (χ1) is 14.9. The molecule has 31 heavy (non-hydrogen) atoms. The summed E-state index contributed by atoms with van der Waals surface area (Å²) in [6, 6.07) is 11.7. The average Bonchev–Trinajstić information content (AvgIpc) is 3.22. The molecular formula is C20H19BrN4O3S3. The third-order valence-electron chi connectivity index (χ3n) is 3.87. The van der Waals surface area contributed by atoms with Gasteiger partial charge in [-0.15, -0.1) is 10.2 Å². The number of thioether (sulfide) groups is 2. The topological polar surface area (TPSA) is 96.7 Å². The van der Waals surface area contributed by atoms with Crippen LogP contribution in [0.3, 0.4) is 0 Å². The molecule has 0 aliphatic rings. The van der Waals surface area contributed by atoms with Crippen molar-refractivity contribution in [2.45, 2.75) is 21.4 Å². The maximum Gasteiger partial charge on any atom is 0.250 e. The molecule has 0 spiro atoms. The fourth-order valence-corrected chi connectivity index (χ4v) is 5.53. The molecule has 162 valence electrons. The van der Waals surface area contributed by atoms with Crippen molar-refractivity contribution in [2.24, 2.45) is 5.10 Å². The van der Waals surface area contributed by atoms with Crippen LogP contribution in [0.25, 0.3) is 0 Å². The molecule has 2 aromatic carbocycles. The lowest BCUT2D eigenvalue weighted by molar-refractivity contribution is -0.118. The molecule has 0 saturated carbocycles. The van der Waals surface area contributed by atoms with E-state index in [1.54, 1.807) is 23.9 Å². The number of hydrogen-bond donors (Lipinski definition) is 2. The second-order valence-corrected chi connectivity index (χ2v) is 10.5. The van der Waals surface area contributed by atoms with E-state index in [0.29, 0.717) is 15.8 Å². The maximum absolute atomic E-state index is 12.0. The molecule has 1 aromatic heterocycles. The number of aromatic nitrogens is 2. The summed E-state index contributed by atoms with van der Waals surface area (Å²) in [5.41, 5.74) is 5.60. The summed E-state index contributed by atoms with van der Waals surface area (Å²) < 4.78 is 7.16. The second kappa shape index (κ2) is 11.5. The van der Waals surface area contributed by atoms with Gasteiger partial charge in [0, 0.05) is 5.75 Å². The highest BCUT2D eigenvalue weighted by Crippen LogP contribution is 2.34. The van der Waals surface area contributed by atoms with Gasteiger partial charge in [0.05, 0.1) is 23.5 Å². The standard InChI is InChI=1S/C20H19BrN4O3S3/c1-12-3-5-13(6-4-12)10-29-19-24-25-20(31-19)30-11-17(26)23-22-9-14-7-15(21)18(27)16(8-14)28-2/h3-9,27H,10-11H2,1-2H3,(H,23,26)/b22-9-. The minimum atomic E-state index is -0.255. The molecule has 0 radical (unpaired) electrons. The number of carbonyl (C=O) groups excluding carboxylic acids is 1. The van der Waals surface area contributed by atoms with Gasteiger partial charge in [-0.05, 0) is 46.1 Å². The zero-order valence-corrected chi connectivity index (χ0v) is 20.7. The molecule has 2 N–H and O–H groups in total. The predicted octanol–water partition coefficient (Wildman–Crippen LogP) is 4.86. The lowest BCUT2D eigenvalue weighted by Crippen LogP contribution is -2.19. The minimum absolute atomic E-state index is 0.00791. The summed E-state index contributed by atoms with van der Waals surface area (Å²) in [7, 11) is 1.46. The maximum atomic E-state index is 12.0. The zero-order valence-electron chi connectivity index (χ0n) is 16.7. The van der Waals surface area contributed by atoms with Crippen LogP contribution in [0.15, 0.2) is 54.7 Å². The Morgan fingerprint density at radius 3 is 2.68 bits per heavy atom. The quantitative estimate of drug-likeness (QED) is 0.228. The van der Waals surface area contributed by atoms with Gasteiger partial charge in [-0.2, -0.15) is 5.10 Å². The number of hydrazone groups is 1. The number of rotatable bonds is 9. The van der Waals surface area contributed by atoms with E-state index >= 15 is 0 Å². The van der Waals surface area contributed by atoms with E-state index in [4.69, 9.17) is 4.74 Å². The lowest BCUT2D eigenvalue weighted by atomic mass is 10.2. The molecule has 0 aliphatic heterocycles. The Hall–Kier alpha value is -2.08. The molecule has 1 heterocycles. The van der Waals surface area contributed by atoms with Gasteiger partial charge in [-0.25, -0.2) is 5.43 Å². The van der Waals surface area contributed by atoms with E-state index in [-0.39, 0.29) is 17.4 Å². The number of phenols is 1. The third-order valence-corrected chi connectivity index (χ3v) is 7.74. The number of aromatic hydroxyl groups is 1. The Morgan fingerprint density at radius 2 is 1.97 bits per heavy atom. The van der Waals surface area contributed by atoms with Crippen LogP contribution in [0.2, 0.25) is 0 Å². The highest BCUT2D eigenvalue weighted by molar-refractivity contribution is 9.10. The summed E-state index contributed by atoms with van der Waals surface area (Å²) in [4.78, 5) is 12.0. The van der Waals surface area contributed by atoms with Crippen molar-refractivity contribution >= 4 is 62.9 Å². The Bertz CT molecular complexity index is 1070. The van der Waals surface area contributed by atoms with E-state index in [2.05, 4.69) is 67.8 Å². The Balaban J connectivity index is 1.44. The van der Waals surface area contributed by atoms with Crippen LogP contribution in [0.1, 0.15) is 16.7 Å². The number of aryl methyl sites for hydroxylation is 1. The van der Waals surface area contributed by atoms with Gasteiger partial charge < -0.3 is 9.84 Å². The highest BCUT2D eigenvalue weighted by atomic mass is 79.9. The van der Waals surface area contributed by atoms with Crippen LogP contribution in [-0.2, 0) is 10.5 Å². The highest BCUT2D eigenvalue weighted by Gasteiger charge is 2.10. The van der Waals surface area contributed by atoms with Crippen LogP contribution >= 0.6 is 50.8 Å². The molecule has 0 atom stereocenters. The number of halogens is 1. The molecule has 1 amide bonds. The van der Waals surface area contributed by atoms with Crippen molar-refractivity contribution in [1.82, 2.24) is 15.6 Å². The number of hydrogen-bond acceptors (Lipinski definition) is 9. The molecule has 0 fully saturated rings. The molecule has 11 heteroatoms. The van der Waals surface area contributed by atoms with Gasteiger partial charge in [0.25, 0.3) is 5.91 Å². The Morgan fingerprint density at radius 1 is 1.26 bits per heavy atom. The van der Waals surface area contributed by atoms with Crippen molar-refractivity contribution in [3.63, 3.8) is 0 Å². The normalized spacial score (nSPS) is 11.1. The van der Waals surface area contributed by atoms with Crippen molar-refractivity contribution in [3.05, 3.63) is 57.6 Å². The summed E-state index contributed by atoms with van der Waals surface area (Å²) in [5, 5.41) is 22.1. The molecule has 0 bridgehead atoms. The molecule has 0 saturated heterocycles. The first kappa shape index (κ1) is 23.6. The number of nitrogens with one attached hydrogen (secondary N) is 1. The molecule has 0 aliphatic carbocycles. The van der Waals surface area contributed by atoms with Gasteiger partial charge >= 0.3 is 0 Å². The zero-order chi connectivity index (χ0) is 22.2. The summed E-state index contributed by atoms with van der Waals surface area (Å²) >= 11 is 7.65. The number of amides is 1. The summed E-state index contributed by atoms with van der Waals surface area (Å²) in [6.07, 6.45) is 1.47. The smallest absolute Gasteiger partial charge is 0.250 e. The van der Waals surface area contributed by atoms with Crippen molar-refractivity contribution in [2.75, 3.05) is 12.9 Å². The summed E-state index contributed by atoms with van der Waals surface area (Å²) in [6.45, 7) is 2.07. The van der Waals surface area contributed by atoms with Gasteiger partial charge in [0.2, 0.25) is 0 Å². The number of carbonyl (C=O) groups is 1. The second-order valence-electron chi connectivity index (χ2n) is 6.24. The first-order valence-electron chi connectivity index (χ1n) is 8.97. The Labute approximate surface area is 200 Å². The molecular weight excluding hydrogens is 520 g/mol. The molecule has 3 aromatic rings. The van der Waals surface area contributed by atoms with Crippen LogP contribution in [-0.4, -0.2) is 40.3 Å². The van der Waals surface area contributed by atoms with Crippen LogP contribution in [0.4, 0.5) is 0 Å². The van der Waals surface area contributed by atoms with Crippen molar-refractivity contribution in [1.29, 1.82) is 0 Å². The number of methoxy groups -OCH3 is 1. The molecule has 7 nitrogen and oxygen atoms in total. The van der Waals surface area contributed by atoms with Crippen molar-refractivity contribution < 1.29 is 14.6 Å². The van der Waals surface area contributed by atoms with Gasteiger partial charge in [0.15, 0.2) is 20.2 Å². The SMILES string of the molecule is COc1cc(/C=N\NC(=O)CSc2nnc(SCc3ccc(C)cc3)s2)cc(Br)c1O. The van der Waals surface area contributed by atoms with Crippen LogP contribution in [0, 0.1) is 6.92 Å². The number of phenolic OH excluding ortho intramolecular Hbond substituents is 1. The average molecular weight is 540 g/mol. The largest absolute Gasteiger partial charge is 0.503 e. The molecule has 0 unspecified atom stereocenters. The number of ether oxygens (including phenoxy) is 1. The molecule has 3 rings (SSSR count). The Kier molecular flexibility index (Phi) is 8.76. The van der Waals surface area contributed by atoms with E-state index in [1.807, 2.05) is 0 Å². The van der Waals surface area contributed by atoms with Gasteiger partial charge in [0.1, 0.15) is 0 Å². The predicted molar refractivity (Wildman–Crippen MR) is 129 cm³/mol. The van der Waals surface area contributed by atoms with Gasteiger partial charge in [-0.1, -0.05) is 64.7 Å². The van der Waals surface area contributed by atoms with E-state index in [1.165, 1.54) is 47.5 Å². The fourth-order valence-electron chi connectivity index (χ4n) is 2.31. The van der Waals surface area contributed by atoms with Crippen molar-refractivity contribution in [3.8, 4) is 11.5 Å². The number of benzene rings is 2. The minimum Gasteiger partial charge on any atom is -0.503 e. The van der Waals surface area contributed by atoms with E-state index in [9.17, 15) is 9.90 Å². The van der Waals surface area contributed by atoms with E-state index < -0.39 is 0 Å².